The fraction of sp³-hybridized carbons (Fsp3) is 0.154. The normalized spacial score (nSPS) is 24.8. The third-order valence-electron chi connectivity index (χ3n) is 6.78. The van der Waals surface area contributed by atoms with Crippen molar-refractivity contribution >= 4 is 45.0 Å². The summed E-state index contributed by atoms with van der Waals surface area (Å²) in [6, 6.07) is 18.3. The van der Waals surface area contributed by atoms with E-state index in [2.05, 4.69) is 15.9 Å². The molecule has 0 aromatic heterocycles. The lowest BCUT2D eigenvalue weighted by Gasteiger charge is -2.27. The van der Waals surface area contributed by atoms with Crippen molar-refractivity contribution in [1.82, 2.24) is 0 Å². The topological polar surface area (TPSA) is 80.8 Å². The molecule has 3 atom stereocenters. The van der Waals surface area contributed by atoms with Crippen molar-refractivity contribution in [1.29, 1.82) is 0 Å². The van der Waals surface area contributed by atoms with Gasteiger partial charge in [0.25, 0.3) is 0 Å². The largest absolute Gasteiger partial charge is 0.349 e. The lowest BCUT2D eigenvalue weighted by atomic mass is 9.77. The van der Waals surface area contributed by atoms with E-state index in [1.54, 1.807) is 36.4 Å². The number of ether oxygens (including phenoxy) is 1. The zero-order valence-corrected chi connectivity index (χ0v) is 19.0. The third-order valence-corrected chi connectivity index (χ3v) is 7.31. The van der Waals surface area contributed by atoms with Gasteiger partial charge < -0.3 is 4.74 Å². The average molecular weight is 520 g/mol. The van der Waals surface area contributed by atoms with Gasteiger partial charge in [0.1, 0.15) is 5.82 Å². The SMILES string of the molecule is O=C1[C@@H]2[C@@H](c3ccc(Br)cc3)OC3(C(=O)c4ccccc4C3=O)[C@H]2C(=O)N1c1cccc(F)c1. The Morgan fingerprint density at radius 3 is 2.09 bits per heavy atom. The molecule has 34 heavy (non-hydrogen) atoms. The van der Waals surface area contributed by atoms with Gasteiger partial charge in [-0.1, -0.05) is 58.4 Å². The Morgan fingerprint density at radius 1 is 0.824 bits per heavy atom. The standard InChI is InChI=1S/C26H15BrFNO5/c27-14-10-8-13(9-11-14)21-19-20(25(33)29(24(19)32)16-5-3-4-15(28)12-16)26(34-21)22(30)17-6-1-2-7-18(17)23(26)31/h1-12,19-21H/t19-,20+,21+/m0/s1. The van der Waals surface area contributed by atoms with Crippen LogP contribution in [0.25, 0.3) is 0 Å². The molecule has 6 rings (SSSR count). The smallest absolute Gasteiger partial charge is 0.241 e. The third kappa shape index (κ3) is 2.63. The number of nitrogens with zero attached hydrogens (tertiary/aromatic N) is 1. The Morgan fingerprint density at radius 2 is 1.47 bits per heavy atom. The first-order chi connectivity index (χ1) is 16.3. The Bertz CT molecular complexity index is 1380. The van der Waals surface area contributed by atoms with E-state index in [0.29, 0.717) is 5.56 Å². The molecule has 2 aliphatic heterocycles. The van der Waals surface area contributed by atoms with Crippen LogP contribution in [0.1, 0.15) is 32.4 Å². The number of hydrogen-bond donors (Lipinski definition) is 0. The quantitative estimate of drug-likeness (QED) is 0.372. The molecule has 8 heteroatoms. The van der Waals surface area contributed by atoms with Crippen molar-refractivity contribution in [2.24, 2.45) is 11.8 Å². The van der Waals surface area contributed by atoms with E-state index < -0.39 is 52.7 Å². The van der Waals surface area contributed by atoms with Crippen molar-refractivity contribution in [3.05, 3.63) is 99.8 Å². The predicted molar refractivity (Wildman–Crippen MR) is 122 cm³/mol. The summed E-state index contributed by atoms with van der Waals surface area (Å²) in [4.78, 5) is 55.6. The molecule has 1 spiro atoms. The first kappa shape index (κ1) is 21.1. The number of imide groups is 1. The van der Waals surface area contributed by atoms with Gasteiger partial charge >= 0.3 is 0 Å². The summed E-state index contributed by atoms with van der Waals surface area (Å²) in [6.07, 6.45) is -1.02. The fourth-order valence-electron chi connectivity index (χ4n) is 5.34. The van der Waals surface area contributed by atoms with E-state index >= 15 is 0 Å². The summed E-state index contributed by atoms with van der Waals surface area (Å²) < 4.78 is 20.9. The zero-order chi connectivity index (χ0) is 23.8. The number of anilines is 1. The molecule has 168 valence electrons. The molecule has 0 saturated carbocycles. The summed E-state index contributed by atoms with van der Waals surface area (Å²) in [5.74, 6) is -5.78. The monoisotopic (exact) mass is 519 g/mol. The maximum Gasteiger partial charge on any atom is 0.241 e. The molecule has 0 bridgehead atoms. The van der Waals surface area contributed by atoms with E-state index in [1.807, 2.05) is 0 Å². The minimum atomic E-state index is -2.15. The minimum absolute atomic E-state index is 0.0458. The van der Waals surface area contributed by atoms with E-state index in [0.717, 1.165) is 15.4 Å². The number of halogens is 2. The molecule has 2 saturated heterocycles. The number of carbonyl (C=O) groups is 4. The lowest BCUT2D eigenvalue weighted by Crippen LogP contribution is -2.51. The average Bonchev–Trinajstić information content (AvgIpc) is 3.40. The van der Waals surface area contributed by atoms with Gasteiger partial charge in [-0.05, 0) is 35.9 Å². The first-order valence-electron chi connectivity index (χ1n) is 10.6. The highest BCUT2D eigenvalue weighted by Gasteiger charge is 2.74. The maximum atomic E-state index is 14.0. The highest BCUT2D eigenvalue weighted by molar-refractivity contribution is 9.10. The Hall–Kier alpha value is -3.49. The molecule has 2 heterocycles. The van der Waals surface area contributed by atoms with Crippen molar-refractivity contribution in [2.45, 2.75) is 11.7 Å². The lowest BCUT2D eigenvalue weighted by molar-refractivity contribution is -0.127. The number of Topliss-reactive ketones (excluding diaryl/α,β-unsaturated/α-hetero) is 2. The van der Waals surface area contributed by atoms with Gasteiger partial charge in [0.2, 0.25) is 29.0 Å². The van der Waals surface area contributed by atoms with Crippen LogP contribution in [0.4, 0.5) is 10.1 Å². The molecule has 1 aliphatic carbocycles. The molecular weight excluding hydrogens is 505 g/mol. The number of rotatable bonds is 2. The number of ketones is 2. The summed E-state index contributed by atoms with van der Waals surface area (Å²) >= 11 is 3.36. The summed E-state index contributed by atoms with van der Waals surface area (Å²) in [6.45, 7) is 0. The highest BCUT2D eigenvalue weighted by Crippen LogP contribution is 2.57. The van der Waals surface area contributed by atoms with E-state index in [1.165, 1.54) is 30.3 Å². The number of benzene rings is 3. The second kappa shape index (κ2) is 7.25. The van der Waals surface area contributed by atoms with Crippen molar-refractivity contribution in [3.63, 3.8) is 0 Å². The van der Waals surface area contributed by atoms with Gasteiger partial charge in [0.05, 0.1) is 23.6 Å². The minimum Gasteiger partial charge on any atom is -0.349 e. The van der Waals surface area contributed by atoms with Crippen LogP contribution < -0.4 is 4.90 Å². The molecular formula is C26H15BrFNO5. The molecule has 2 amide bonds. The van der Waals surface area contributed by atoms with Gasteiger partial charge in [-0.3, -0.25) is 19.2 Å². The van der Waals surface area contributed by atoms with E-state index in [-0.39, 0.29) is 16.8 Å². The summed E-state index contributed by atoms with van der Waals surface area (Å²) in [7, 11) is 0. The molecule has 3 aliphatic rings. The van der Waals surface area contributed by atoms with Crippen LogP contribution in [0.2, 0.25) is 0 Å². The van der Waals surface area contributed by atoms with Gasteiger partial charge in [-0.2, -0.15) is 0 Å². The van der Waals surface area contributed by atoms with Crippen LogP contribution >= 0.6 is 15.9 Å². The van der Waals surface area contributed by atoms with Gasteiger partial charge in [-0.25, -0.2) is 9.29 Å². The summed E-state index contributed by atoms with van der Waals surface area (Å²) in [5.41, 5.74) is -1.24. The molecule has 3 aromatic rings. The molecule has 3 aromatic carbocycles. The Labute approximate surface area is 201 Å². The Kier molecular flexibility index (Phi) is 4.49. The fourth-order valence-corrected chi connectivity index (χ4v) is 5.60. The molecule has 0 radical (unpaired) electrons. The van der Waals surface area contributed by atoms with Crippen LogP contribution in [0.15, 0.2) is 77.3 Å². The molecule has 2 fully saturated rings. The molecule has 0 unspecified atom stereocenters. The number of hydrogen-bond acceptors (Lipinski definition) is 5. The van der Waals surface area contributed by atoms with E-state index in [4.69, 9.17) is 4.74 Å². The Balaban J connectivity index is 1.55. The van der Waals surface area contributed by atoms with Crippen LogP contribution in [-0.2, 0) is 14.3 Å². The van der Waals surface area contributed by atoms with Crippen molar-refractivity contribution < 1.29 is 28.3 Å². The first-order valence-corrected chi connectivity index (χ1v) is 11.4. The van der Waals surface area contributed by atoms with Crippen LogP contribution in [-0.4, -0.2) is 29.0 Å². The second-order valence-corrected chi connectivity index (χ2v) is 9.44. The maximum absolute atomic E-state index is 14.0. The molecule has 0 N–H and O–H groups in total. The number of amides is 2. The zero-order valence-electron chi connectivity index (χ0n) is 17.4. The van der Waals surface area contributed by atoms with Crippen LogP contribution in [0.5, 0.6) is 0 Å². The van der Waals surface area contributed by atoms with Gasteiger partial charge in [-0.15, -0.1) is 0 Å². The van der Waals surface area contributed by atoms with Gasteiger partial charge in [0.15, 0.2) is 0 Å². The molecule has 6 nitrogen and oxygen atoms in total. The number of fused-ring (bicyclic) bond motifs is 3. The van der Waals surface area contributed by atoms with Crippen LogP contribution in [0, 0.1) is 17.7 Å². The predicted octanol–water partition coefficient (Wildman–Crippen LogP) is 4.28. The van der Waals surface area contributed by atoms with Crippen molar-refractivity contribution in [3.8, 4) is 0 Å². The summed E-state index contributed by atoms with van der Waals surface area (Å²) in [5, 5.41) is 0. The number of carbonyl (C=O) groups excluding carboxylic acids is 4. The van der Waals surface area contributed by atoms with Crippen molar-refractivity contribution in [2.75, 3.05) is 4.90 Å². The highest BCUT2D eigenvalue weighted by atomic mass is 79.9. The van der Waals surface area contributed by atoms with E-state index in [9.17, 15) is 23.6 Å². The second-order valence-electron chi connectivity index (χ2n) is 8.52. The van der Waals surface area contributed by atoms with Crippen LogP contribution in [0.3, 0.4) is 0 Å². The van der Waals surface area contributed by atoms with Gasteiger partial charge in [0, 0.05) is 15.6 Å².